The highest BCUT2D eigenvalue weighted by Gasteiger charge is 1.93. The van der Waals surface area contributed by atoms with Gasteiger partial charge in [-0.2, -0.15) is 0 Å². The Labute approximate surface area is 110 Å². The summed E-state index contributed by atoms with van der Waals surface area (Å²) in [7, 11) is 1.66. The lowest BCUT2D eigenvalue weighted by Gasteiger charge is -1.98. The number of benzene rings is 1. The van der Waals surface area contributed by atoms with E-state index in [1.807, 2.05) is 24.3 Å². The molecule has 0 aliphatic heterocycles. The van der Waals surface area contributed by atoms with Gasteiger partial charge in [-0.15, -0.1) is 5.73 Å². The molecule has 0 unspecified atom stereocenters. The zero-order valence-electron chi connectivity index (χ0n) is 11.3. The standard InChI is InChI=1S/C17H20O/c1-4-6-7-8-15(5-2)9-10-16-11-13-17(18-3)14-12-16/h11-14H,2,4,6-8H2,1,3H3. The van der Waals surface area contributed by atoms with Gasteiger partial charge in [-0.25, -0.2) is 0 Å². The van der Waals surface area contributed by atoms with Crippen molar-refractivity contribution in [2.45, 2.75) is 32.6 Å². The minimum Gasteiger partial charge on any atom is -0.497 e. The molecular formula is C17H20O. The van der Waals surface area contributed by atoms with Gasteiger partial charge in [0.1, 0.15) is 5.75 Å². The summed E-state index contributed by atoms with van der Waals surface area (Å²) in [6, 6.07) is 7.74. The third-order valence-electron chi connectivity index (χ3n) is 2.69. The number of methoxy groups -OCH3 is 1. The first-order valence-electron chi connectivity index (χ1n) is 6.35. The van der Waals surface area contributed by atoms with Crippen molar-refractivity contribution in [1.82, 2.24) is 0 Å². The van der Waals surface area contributed by atoms with Crippen LogP contribution in [0.4, 0.5) is 0 Å². The SMILES string of the molecule is C=C=C(C#Cc1ccc(OC)cc1)CCCCC. The molecule has 0 spiro atoms. The van der Waals surface area contributed by atoms with Crippen molar-refractivity contribution in [3.8, 4) is 17.6 Å². The lowest BCUT2D eigenvalue weighted by atomic mass is 10.1. The predicted molar refractivity (Wildman–Crippen MR) is 76.7 cm³/mol. The molecular weight excluding hydrogens is 220 g/mol. The highest BCUT2D eigenvalue weighted by atomic mass is 16.5. The summed E-state index contributed by atoms with van der Waals surface area (Å²) >= 11 is 0. The average Bonchev–Trinajstić information content (AvgIpc) is 2.43. The maximum absolute atomic E-state index is 5.11. The summed E-state index contributed by atoms with van der Waals surface area (Å²) in [6.07, 6.45) is 4.58. The van der Waals surface area contributed by atoms with Gasteiger partial charge in [-0.1, -0.05) is 38.2 Å². The third-order valence-corrected chi connectivity index (χ3v) is 2.69. The van der Waals surface area contributed by atoms with Gasteiger partial charge in [-0.05, 0) is 37.1 Å². The number of rotatable bonds is 5. The van der Waals surface area contributed by atoms with E-state index in [9.17, 15) is 0 Å². The van der Waals surface area contributed by atoms with Crippen LogP contribution >= 0.6 is 0 Å². The molecule has 94 valence electrons. The molecule has 0 radical (unpaired) electrons. The first kappa shape index (κ1) is 14.2. The van der Waals surface area contributed by atoms with Crippen LogP contribution in [-0.2, 0) is 0 Å². The lowest BCUT2D eigenvalue weighted by molar-refractivity contribution is 0.415. The van der Waals surface area contributed by atoms with E-state index in [1.165, 1.54) is 12.8 Å². The van der Waals surface area contributed by atoms with Crippen LogP contribution in [-0.4, -0.2) is 7.11 Å². The number of unbranched alkanes of at least 4 members (excludes halogenated alkanes) is 2. The molecule has 0 saturated carbocycles. The molecule has 0 amide bonds. The van der Waals surface area contributed by atoms with E-state index in [4.69, 9.17) is 4.74 Å². The van der Waals surface area contributed by atoms with Gasteiger partial charge in [0.25, 0.3) is 0 Å². The molecule has 0 atom stereocenters. The monoisotopic (exact) mass is 240 g/mol. The summed E-state index contributed by atoms with van der Waals surface area (Å²) in [5.41, 5.74) is 4.91. The van der Waals surface area contributed by atoms with Crippen molar-refractivity contribution < 1.29 is 4.74 Å². The average molecular weight is 240 g/mol. The first-order valence-corrected chi connectivity index (χ1v) is 6.35. The first-order chi connectivity index (χ1) is 8.80. The minimum absolute atomic E-state index is 0.850. The second-order valence-corrected chi connectivity index (χ2v) is 4.09. The van der Waals surface area contributed by atoms with Crippen molar-refractivity contribution >= 4 is 0 Å². The Morgan fingerprint density at radius 1 is 1.22 bits per heavy atom. The zero-order chi connectivity index (χ0) is 13.2. The number of hydrogen-bond acceptors (Lipinski definition) is 1. The van der Waals surface area contributed by atoms with Crippen LogP contribution in [0.5, 0.6) is 5.75 Å². The molecule has 0 N–H and O–H groups in total. The fraction of sp³-hybridized carbons (Fsp3) is 0.353. The maximum Gasteiger partial charge on any atom is 0.118 e. The Morgan fingerprint density at radius 3 is 2.50 bits per heavy atom. The zero-order valence-corrected chi connectivity index (χ0v) is 11.3. The highest BCUT2D eigenvalue weighted by Crippen LogP contribution is 2.11. The summed E-state index contributed by atoms with van der Waals surface area (Å²) in [6.45, 7) is 5.89. The molecule has 1 rings (SSSR count). The summed E-state index contributed by atoms with van der Waals surface area (Å²) in [5, 5.41) is 0. The van der Waals surface area contributed by atoms with E-state index in [2.05, 4.69) is 31.1 Å². The molecule has 0 fully saturated rings. The highest BCUT2D eigenvalue weighted by molar-refractivity contribution is 5.42. The topological polar surface area (TPSA) is 9.23 Å². The molecule has 1 aromatic rings. The number of allylic oxidation sites excluding steroid dienone is 1. The molecule has 0 heterocycles. The lowest BCUT2D eigenvalue weighted by Crippen LogP contribution is -1.83. The van der Waals surface area contributed by atoms with Crippen molar-refractivity contribution in [3.63, 3.8) is 0 Å². The van der Waals surface area contributed by atoms with Gasteiger partial charge in [0.15, 0.2) is 0 Å². The largest absolute Gasteiger partial charge is 0.497 e. The fourth-order valence-corrected chi connectivity index (χ4v) is 1.57. The van der Waals surface area contributed by atoms with Gasteiger partial charge < -0.3 is 4.74 Å². The van der Waals surface area contributed by atoms with Crippen LogP contribution < -0.4 is 4.74 Å². The van der Waals surface area contributed by atoms with Crippen LogP contribution in [0.25, 0.3) is 0 Å². The fourth-order valence-electron chi connectivity index (χ4n) is 1.57. The maximum atomic E-state index is 5.11. The van der Waals surface area contributed by atoms with Crippen LogP contribution in [0.3, 0.4) is 0 Å². The predicted octanol–water partition coefficient (Wildman–Crippen LogP) is 4.34. The molecule has 0 bridgehead atoms. The van der Waals surface area contributed by atoms with Crippen LogP contribution in [0, 0.1) is 11.8 Å². The normalized spacial score (nSPS) is 9.00. The number of hydrogen-bond donors (Lipinski definition) is 0. The van der Waals surface area contributed by atoms with E-state index >= 15 is 0 Å². The molecule has 1 aromatic carbocycles. The van der Waals surface area contributed by atoms with Crippen molar-refractivity contribution in [1.29, 1.82) is 0 Å². The summed E-state index contributed by atoms with van der Waals surface area (Å²) in [4.78, 5) is 0. The molecule has 18 heavy (non-hydrogen) atoms. The molecule has 0 saturated heterocycles. The Balaban J connectivity index is 2.64. The molecule has 0 aromatic heterocycles. The van der Waals surface area contributed by atoms with Gasteiger partial charge >= 0.3 is 0 Å². The Hall–Kier alpha value is -1.90. The van der Waals surface area contributed by atoms with Crippen LogP contribution in [0.2, 0.25) is 0 Å². The van der Waals surface area contributed by atoms with Gasteiger partial charge in [0.2, 0.25) is 0 Å². The van der Waals surface area contributed by atoms with Crippen molar-refractivity contribution in [3.05, 3.63) is 47.7 Å². The van der Waals surface area contributed by atoms with Gasteiger partial charge in [0, 0.05) is 11.1 Å². The van der Waals surface area contributed by atoms with Crippen molar-refractivity contribution in [2.75, 3.05) is 7.11 Å². The second-order valence-electron chi connectivity index (χ2n) is 4.09. The van der Waals surface area contributed by atoms with Gasteiger partial charge in [0.05, 0.1) is 7.11 Å². The Bertz CT molecular complexity index is 465. The molecule has 1 heteroatoms. The summed E-state index contributed by atoms with van der Waals surface area (Å²) < 4.78 is 5.11. The Morgan fingerprint density at radius 2 is 1.94 bits per heavy atom. The van der Waals surface area contributed by atoms with E-state index in [0.717, 1.165) is 29.7 Å². The molecule has 0 aliphatic carbocycles. The molecule has 1 nitrogen and oxygen atoms in total. The molecule has 0 aliphatic rings. The minimum atomic E-state index is 0.850. The smallest absolute Gasteiger partial charge is 0.118 e. The van der Waals surface area contributed by atoms with Crippen LogP contribution in [0.1, 0.15) is 38.2 Å². The number of ether oxygens (including phenoxy) is 1. The van der Waals surface area contributed by atoms with E-state index in [1.54, 1.807) is 7.11 Å². The van der Waals surface area contributed by atoms with E-state index < -0.39 is 0 Å². The van der Waals surface area contributed by atoms with E-state index in [0.29, 0.717) is 0 Å². The quantitative estimate of drug-likeness (QED) is 0.422. The van der Waals surface area contributed by atoms with Crippen molar-refractivity contribution in [2.24, 2.45) is 0 Å². The van der Waals surface area contributed by atoms with Crippen LogP contribution in [0.15, 0.2) is 42.1 Å². The third kappa shape index (κ3) is 4.95. The summed E-state index contributed by atoms with van der Waals surface area (Å²) in [5.74, 6) is 7.11. The second kappa shape index (κ2) is 8.23. The van der Waals surface area contributed by atoms with Gasteiger partial charge in [-0.3, -0.25) is 0 Å². The van der Waals surface area contributed by atoms with E-state index in [-0.39, 0.29) is 0 Å². The Kier molecular flexibility index (Phi) is 6.47.